The lowest BCUT2D eigenvalue weighted by atomic mass is 9.92. The fraction of sp³-hybridized carbons (Fsp3) is 0.368. The summed E-state index contributed by atoms with van der Waals surface area (Å²) in [6, 6.07) is 2.62. The lowest BCUT2D eigenvalue weighted by Gasteiger charge is -2.38. The SMILES string of the molecule is C=C([C@@H]1CN(C(=O)c2cc(Cl)c(Cl)c(Cl)c2)CC(F)(F)C1)n1ncnc1N=C(C)C. The van der Waals surface area contributed by atoms with E-state index in [-0.39, 0.29) is 38.8 Å². The number of carbonyl (C=O) groups is 1. The molecule has 3 rings (SSSR count). The molecule has 1 aliphatic rings. The van der Waals surface area contributed by atoms with Gasteiger partial charge in [0.1, 0.15) is 6.33 Å². The topological polar surface area (TPSA) is 63.4 Å². The zero-order chi connectivity index (χ0) is 22.2. The van der Waals surface area contributed by atoms with E-state index >= 15 is 0 Å². The van der Waals surface area contributed by atoms with Gasteiger partial charge in [0, 0.05) is 35.9 Å². The van der Waals surface area contributed by atoms with E-state index in [4.69, 9.17) is 34.8 Å². The van der Waals surface area contributed by atoms with Gasteiger partial charge in [0.25, 0.3) is 17.8 Å². The molecule has 0 spiro atoms. The van der Waals surface area contributed by atoms with Crippen LogP contribution < -0.4 is 0 Å². The Bertz CT molecular complexity index is 1010. The molecule has 0 bridgehead atoms. The Morgan fingerprint density at radius 2 is 1.90 bits per heavy atom. The maximum absolute atomic E-state index is 14.5. The number of alkyl halides is 2. The molecule has 11 heteroatoms. The molecule has 6 nitrogen and oxygen atoms in total. The molecule has 1 saturated heterocycles. The van der Waals surface area contributed by atoms with Crippen LogP contribution in [0.5, 0.6) is 0 Å². The molecule has 0 N–H and O–H groups in total. The van der Waals surface area contributed by atoms with Crippen LogP contribution in [-0.4, -0.2) is 50.3 Å². The average Bonchev–Trinajstić information content (AvgIpc) is 3.10. The molecule has 1 fully saturated rings. The van der Waals surface area contributed by atoms with E-state index in [1.54, 1.807) is 13.8 Å². The number of aromatic nitrogens is 3. The molecule has 0 unspecified atom stereocenters. The zero-order valence-corrected chi connectivity index (χ0v) is 18.4. The Balaban J connectivity index is 1.89. The van der Waals surface area contributed by atoms with Crippen molar-refractivity contribution in [1.82, 2.24) is 19.7 Å². The van der Waals surface area contributed by atoms with E-state index in [0.29, 0.717) is 0 Å². The highest BCUT2D eigenvalue weighted by molar-refractivity contribution is 6.48. The van der Waals surface area contributed by atoms with Crippen LogP contribution in [0.4, 0.5) is 14.7 Å². The summed E-state index contributed by atoms with van der Waals surface area (Å²) < 4.78 is 30.4. The zero-order valence-electron chi connectivity index (χ0n) is 16.2. The molecule has 1 aliphatic heterocycles. The first kappa shape index (κ1) is 22.7. The van der Waals surface area contributed by atoms with Gasteiger partial charge in [-0.05, 0) is 26.0 Å². The lowest BCUT2D eigenvalue weighted by molar-refractivity contribution is -0.0674. The van der Waals surface area contributed by atoms with Crippen LogP contribution in [0, 0.1) is 5.92 Å². The van der Waals surface area contributed by atoms with Crippen molar-refractivity contribution in [3.8, 4) is 0 Å². The summed E-state index contributed by atoms with van der Waals surface area (Å²) in [7, 11) is 0. The summed E-state index contributed by atoms with van der Waals surface area (Å²) in [5, 5.41) is 4.28. The van der Waals surface area contributed by atoms with Gasteiger partial charge >= 0.3 is 0 Å². The summed E-state index contributed by atoms with van der Waals surface area (Å²) in [5.41, 5.74) is 1.07. The molecule has 0 saturated carbocycles. The Morgan fingerprint density at radius 3 is 2.50 bits per heavy atom. The normalized spacial score (nSPS) is 18.2. The minimum atomic E-state index is -3.12. The second-order valence-electron chi connectivity index (χ2n) is 7.22. The number of nitrogens with zero attached hydrogens (tertiary/aromatic N) is 5. The monoisotopic (exact) mass is 475 g/mol. The molecular weight excluding hydrogens is 459 g/mol. The van der Waals surface area contributed by atoms with Gasteiger partial charge in [-0.25, -0.2) is 18.5 Å². The van der Waals surface area contributed by atoms with Crippen molar-refractivity contribution < 1.29 is 13.6 Å². The number of carbonyl (C=O) groups excluding carboxylic acids is 1. The molecule has 0 radical (unpaired) electrons. The summed E-state index contributed by atoms with van der Waals surface area (Å²) >= 11 is 17.9. The van der Waals surface area contributed by atoms with Crippen molar-refractivity contribution >= 4 is 58.1 Å². The third kappa shape index (κ3) is 4.82. The number of piperidine rings is 1. The number of amides is 1. The first-order valence-electron chi connectivity index (χ1n) is 8.91. The van der Waals surface area contributed by atoms with E-state index < -0.39 is 30.7 Å². The van der Waals surface area contributed by atoms with Crippen LogP contribution >= 0.6 is 34.8 Å². The Hall–Kier alpha value is -2.03. The first-order chi connectivity index (χ1) is 14.0. The number of likely N-dealkylation sites (tertiary alicyclic amines) is 1. The highest BCUT2D eigenvalue weighted by atomic mass is 35.5. The van der Waals surface area contributed by atoms with E-state index in [1.165, 1.54) is 23.1 Å². The van der Waals surface area contributed by atoms with Gasteiger partial charge in [-0.2, -0.15) is 10.1 Å². The van der Waals surface area contributed by atoms with Crippen LogP contribution in [-0.2, 0) is 0 Å². The molecule has 1 atom stereocenters. The Kier molecular flexibility index (Phi) is 6.50. The Morgan fingerprint density at radius 1 is 1.27 bits per heavy atom. The molecular formula is C19H18Cl3F2N5O. The smallest absolute Gasteiger partial charge is 0.266 e. The van der Waals surface area contributed by atoms with Crippen molar-refractivity contribution in [2.75, 3.05) is 13.1 Å². The van der Waals surface area contributed by atoms with E-state index in [0.717, 1.165) is 10.6 Å². The molecule has 1 aromatic heterocycles. The number of hydrogen-bond donors (Lipinski definition) is 0. The van der Waals surface area contributed by atoms with Crippen LogP contribution in [0.25, 0.3) is 5.70 Å². The standard InChI is InChI=1S/C19H18Cl3F2N5O/c1-10(2)27-18-25-9-26-29(18)11(3)13-6-19(23,24)8-28(7-13)17(30)12-4-14(20)16(22)15(21)5-12/h4-5,9,13H,3,6-8H2,1-2H3/t13-/m0/s1. The average molecular weight is 477 g/mol. The fourth-order valence-corrected chi connectivity index (χ4v) is 3.82. The van der Waals surface area contributed by atoms with Gasteiger partial charge in [0.15, 0.2) is 0 Å². The van der Waals surface area contributed by atoms with Crippen molar-refractivity contribution in [2.45, 2.75) is 26.2 Å². The minimum absolute atomic E-state index is 0.0131. The van der Waals surface area contributed by atoms with Crippen molar-refractivity contribution in [2.24, 2.45) is 10.9 Å². The summed E-state index contributed by atoms with van der Waals surface area (Å²) in [5.74, 6) is -4.27. The van der Waals surface area contributed by atoms with Gasteiger partial charge in [-0.15, -0.1) is 0 Å². The van der Waals surface area contributed by atoms with Gasteiger partial charge in [-0.3, -0.25) is 4.79 Å². The van der Waals surface area contributed by atoms with Gasteiger partial charge < -0.3 is 4.90 Å². The summed E-state index contributed by atoms with van der Waals surface area (Å²) in [4.78, 5) is 22.2. The molecule has 2 heterocycles. The molecule has 30 heavy (non-hydrogen) atoms. The number of hydrogen-bond acceptors (Lipinski definition) is 4. The third-order valence-corrected chi connectivity index (χ3v) is 5.72. The van der Waals surface area contributed by atoms with Gasteiger partial charge in [0.05, 0.1) is 21.6 Å². The first-order valence-corrected chi connectivity index (χ1v) is 10.0. The molecule has 1 aromatic carbocycles. The fourth-order valence-electron chi connectivity index (χ4n) is 3.23. The highest BCUT2D eigenvalue weighted by Crippen LogP contribution is 2.37. The second-order valence-corrected chi connectivity index (χ2v) is 8.41. The van der Waals surface area contributed by atoms with Crippen molar-refractivity contribution in [1.29, 1.82) is 0 Å². The molecule has 1 amide bonds. The maximum atomic E-state index is 14.5. The largest absolute Gasteiger partial charge is 0.332 e. The predicted octanol–water partition coefficient (Wildman–Crippen LogP) is 5.62. The molecule has 2 aromatic rings. The lowest BCUT2D eigenvalue weighted by Crippen LogP contribution is -2.50. The molecule has 160 valence electrons. The maximum Gasteiger partial charge on any atom is 0.266 e. The van der Waals surface area contributed by atoms with E-state index in [1.807, 2.05) is 0 Å². The number of aliphatic imine (C=N–C) groups is 1. The number of halogens is 5. The van der Waals surface area contributed by atoms with Crippen LogP contribution in [0.1, 0.15) is 30.6 Å². The van der Waals surface area contributed by atoms with Gasteiger partial charge in [0.2, 0.25) is 0 Å². The summed E-state index contributed by atoms with van der Waals surface area (Å²) in [6.45, 7) is 6.76. The highest BCUT2D eigenvalue weighted by Gasteiger charge is 2.43. The van der Waals surface area contributed by atoms with E-state index in [9.17, 15) is 13.6 Å². The van der Waals surface area contributed by atoms with E-state index in [2.05, 4.69) is 21.7 Å². The number of rotatable bonds is 4. The van der Waals surface area contributed by atoms with Crippen molar-refractivity contribution in [3.63, 3.8) is 0 Å². The molecule has 0 aliphatic carbocycles. The van der Waals surface area contributed by atoms with Crippen LogP contribution in [0.3, 0.4) is 0 Å². The minimum Gasteiger partial charge on any atom is -0.332 e. The van der Waals surface area contributed by atoms with Gasteiger partial charge in [-0.1, -0.05) is 41.4 Å². The Labute approximate surface area is 187 Å². The van der Waals surface area contributed by atoms with Crippen molar-refractivity contribution in [3.05, 3.63) is 45.7 Å². The second kappa shape index (κ2) is 8.61. The van der Waals surface area contributed by atoms with Crippen LogP contribution in [0.2, 0.25) is 15.1 Å². The summed E-state index contributed by atoms with van der Waals surface area (Å²) in [6.07, 6.45) is 0.792. The third-order valence-electron chi connectivity index (χ3n) is 4.52. The van der Waals surface area contributed by atoms with Crippen LogP contribution in [0.15, 0.2) is 30.0 Å². The number of benzene rings is 1. The quantitative estimate of drug-likeness (QED) is 0.425. The predicted molar refractivity (Wildman–Crippen MR) is 114 cm³/mol.